The van der Waals surface area contributed by atoms with Crippen molar-refractivity contribution in [2.24, 2.45) is 0 Å². The Morgan fingerprint density at radius 3 is 2.88 bits per heavy atom. The predicted octanol–water partition coefficient (Wildman–Crippen LogP) is -1.17. The van der Waals surface area contributed by atoms with E-state index in [0.29, 0.717) is 0 Å². The highest BCUT2D eigenvalue weighted by atomic mass is 35.5. The molecule has 7 nitrogen and oxygen atoms in total. The maximum Gasteiger partial charge on any atom is 0.330 e. The highest BCUT2D eigenvalue weighted by Gasteiger charge is 2.35. The molecule has 0 aromatic carbocycles. The first-order chi connectivity index (χ1) is 8.02. The molecule has 1 aliphatic rings. The second-order valence-corrected chi connectivity index (χ2v) is 4.17. The van der Waals surface area contributed by atoms with Crippen molar-refractivity contribution in [1.29, 1.82) is 0 Å². The first-order valence-electron chi connectivity index (χ1n) is 4.98. The van der Waals surface area contributed by atoms with Crippen LogP contribution in [0.2, 0.25) is 5.02 Å². The minimum Gasteiger partial charge on any atom is -0.394 e. The lowest BCUT2D eigenvalue weighted by Crippen LogP contribution is -2.32. The molecule has 1 saturated heterocycles. The van der Waals surface area contributed by atoms with Crippen molar-refractivity contribution < 1.29 is 14.9 Å². The van der Waals surface area contributed by atoms with Gasteiger partial charge in [-0.15, -0.1) is 0 Å². The number of ether oxygens (including phenoxy) is 1. The van der Waals surface area contributed by atoms with Gasteiger partial charge < -0.3 is 14.9 Å². The Kier molecular flexibility index (Phi) is 3.34. The highest BCUT2D eigenvalue weighted by molar-refractivity contribution is 6.30. The molecule has 0 spiro atoms. The molecule has 17 heavy (non-hydrogen) atoms. The minimum absolute atomic E-state index is 0.143. The van der Waals surface area contributed by atoms with Gasteiger partial charge in [-0.25, -0.2) is 4.79 Å². The molecule has 2 rings (SSSR count). The molecule has 0 bridgehead atoms. The molecule has 1 aromatic heterocycles. The number of hydrogen-bond acceptors (Lipinski definition) is 5. The van der Waals surface area contributed by atoms with Gasteiger partial charge >= 0.3 is 5.69 Å². The summed E-state index contributed by atoms with van der Waals surface area (Å²) in [6, 6.07) is 0. The third-order valence-electron chi connectivity index (χ3n) is 2.62. The fourth-order valence-electron chi connectivity index (χ4n) is 1.72. The Hall–Kier alpha value is -1.15. The first-order valence-corrected chi connectivity index (χ1v) is 5.36. The number of aromatic amines is 1. The van der Waals surface area contributed by atoms with Crippen molar-refractivity contribution in [1.82, 2.24) is 9.55 Å². The van der Waals surface area contributed by atoms with Crippen molar-refractivity contribution in [3.05, 3.63) is 32.1 Å². The van der Waals surface area contributed by atoms with E-state index in [4.69, 9.17) is 21.4 Å². The van der Waals surface area contributed by atoms with Gasteiger partial charge in [0.25, 0.3) is 5.56 Å². The van der Waals surface area contributed by atoms with Crippen LogP contribution >= 0.6 is 11.6 Å². The second kappa shape index (κ2) is 4.61. The summed E-state index contributed by atoms with van der Waals surface area (Å²) < 4.78 is 6.35. The van der Waals surface area contributed by atoms with Crippen LogP contribution in [0.5, 0.6) is 0 Å². The van der Waals surface area contributed by atoms with Gasteiger partial charge in [0, 0.05) is 12.6 Å². The van der Waals surface area contributed by atoms with Gasteiger partial charge in [0.2, 0.25) is 0 Å². The molecule has 0 amide bonds. The molecule has 1 aromatic rings. The number of aromatic nitrogens is 2. The molecule has 0 aliphatic carbocycles. The lowest BCUT2D eigenvalue weighted by molar-refractivity contribution is -0.0459. The molecular formula is C9H11ClN2O5. The smallest absolute Gasteiger partial charge is 0.330 e. The second-order valence-electron chi connectivity index (χ2n) is 3.76. The first kappa shape index (κ1) is 12.3. The third kappa shape index (κ3) is 2.27. The van der Waals surface area contributed by atoms with E-state index in [-0.39, 0.29) is 18.1 Å². The van der Waals surface area contributed by atoms with Crippen LogP contribution < -0.4 is 11.2 Å². The third-order valence-corrected chi connectivity index (χ3v) is 2.89. The molecule has 3 atom stereocenters. The van der Waals surface area contributed by atoms with Gasteiger partial charge in [-0.05, 0) is 0 Å². The minimum atomic E-state index is -0.859. The zero-order valence-corrected chi connectivity index (χ0v) is 9.42. The number of halogens is 1. The normalized spacial score (nSPS) is 28.5. The van der Waals surface area contributed by atoms with Crippen LogP contribution in [0.15, 0.2) is 15.8 Å². The van der Waals surface area contributed by atoms with Crippen molar-refractivity contribution in [2.75, 3.05) is 6.61 Å². The Balaban J connectivity index is 2.34. The van der Waals surface area contributed by atoms with Crippen molar-refractivity contribution in [3.8, 4) is 0 Å². The van der Waals surface area contributed by atoms with Crippen LogP contribution in [-0.2, 0) is 4.74 Å². The molecule has 0 saturated carbocycles. The molecule has 2 heterocycles. The zero-order chi connectivity index (χ0) is 12.6. The number of aliphatic hydroxyl groups is 2. The van der Waals surface area contributed by atoms with Crippen molar-refractivity contribution >= 4 is 11.6 Å². The van der Waals surface area contributed by atoms with Gasteiger partial charge in [-0.2, -0.15) is 0 Å². The number of nitrogens with one attached hydrogen (secondary N) is 1. The summed E-state index contributed by atoms with van der Waals surface area (Å²) in [4.78, 5) is 24.6. The van der Waals surface area contributed by atoms with Gasteiger partial charge in [-0.1, -0.05) is 11.6 Å². The van der Waals surface area contributed by atoms with Crippen LogP contribution in [-0.4, -0.2) is 38.6 Å². The average molecular weight is 263 g/mol. The SMILES string of the molecule is O=c1[nH]c(=O)n([C@@H]2C[C@H](O)[C@H](CO)O2)cc1Cl. The fourth-order valence-corrected chi connectivity index (χ4v) is 1.88. The van der Waals surface area contributed by atoms with E-state index in [9.17, 15) is 14.7 Å². The van der Waals surface area contributed by atoms with E-state index >= 15 is 0 Å². The molecule has 8 heteroatoms. The van der Waals surface area contributed by atoms with Gasteiger partial charge in [0.15, 0.2) is 0 Å². The van der Waals surface area contributed by atoms with Crippen LogP contribution in [0.25, 0.3) is 0 Å². The largest absolute Gasteiger partial charge is 0.394 e. The van der Waals surface area contributed by atoms with Crippen molar-refractivity contribution in [3.63, 3.8) is 0 Å². The van der Waals surface area contributed by atoms with E-state index in [1.165, 1.54) is 0 Å². The Morgan fingerprint density at radius 1 is 1.59 bits per heavy atom. The van der Waals surface area contributed by atoms with Crippen LogP contribution in [0.3, 0.4) is 0 Å². The molecule has 0 radical (unpaired) electrons. The Labute approximate surface area is 100 Å². The molecular weight excluding hydrogens is 252 g/mol. The Morgan fingerprint density at radius 2 is 2.29 bits per heavy atom. The average Bonchev–Trinajstić information content (AvgIpc) is 2.65. The molecule has 1 fully saturated rings. The Bertz CT molecular complexity index is 525. The monoisotopic (exact) mass is 262 g/mol. The maximum absolute atomic E-state index is 11.5. The van der Waals surface area contributed by atoms with E-state index in [0.717, 1.165) is 10.8 Å². The predicted molar refractivity (Wildman–Crippen MR) is 58.0 cm³/mol. The van der Waals surface area contributed by atoms with Gasteiger partial charge in [0.1, 0.15) is 17.4 Å². The maximum atomic E-state index is 11.5. The van der Waals surface area contributed by atoms with Crippen LogP contribution in [0.1, 0.15) is 12.6 Å². The number of nitrogens with zero attached hydrogens (tertiary/aromatic N) is 1. The summed E-state index contributed by atoms with van der Waals surface area (Å²) in [6.07, 6.45) is -1.04. The number of H-pyrrole nitrogens is 1. The van der Waals surface area contributed by atoms with Crippen molar-refractivity contribution in [2.45, 2.75) is 24.9 Å². The van der Waals surface area contributed by atoms with Gasteiger partial charge in [-0.3, -0.25) is 14.3 Å². The number of aliphatic hydroxyl groups excluding tert-OH is 2. The zero-order valence-electron chi connectivity index (χ0n) is 8.67. The summed E-state index contributed by atoms with van der Waals surface area (Å²) in [6.45, 7) is -0.344. The van der Waals surface area contributed by atoms with Gasteiger partial charge in [0.05, 0.1) is 12.7 Å². The molecule has 0 unspecified atom stereocenters. The van der Waals surface area contributed by atoms with E-state index < -0.39 is 29.7 Å². The molecule has 3 N–H and O–H groups in total. The topological polar surface area (TPSA) is 105 Å². The van der Waals surface area contributed by atoms with Crippen LogP contribution in [0, 0.1) is 0 Å². The number of rotatable bonds is 2. The summed E-state index contributed by atoms with van der Waals surface area (Å²) in [5.74, 6) is 0. The molecule has 1 aliphatic heterocycles. The molecule has 94 valence electrons. The fraction of sp³-hybridized carbons (Fsp3) is 0.556. The van der Waals surface area contributed by atoms with E-state index in [1.807, 2.05) is 4.98 Å². The van der Waals surface area contributed by atoms with Crippen LogP contribution in [0.4, 0.5) is 0 Å². The summed E-state index contributed by atoms with van der Waals surface area (Å²) in [5, 5.41) is 18.3. The lowest BCUT2D eigenvalue weighted by atomic mass is 10.2. The number of hydrogen-bond donors (Lipinski definition) is 3. The lowest BCUT2D eigenvalue weighted by Gasteiger charge is -2.14. The quantitative estimate of drug-likeness (QED) is 0.623. The summed E-state index contributed by atoms with van der Waals surface area (Å²) in [5.41, 5.74) is -1.35. The summed E-state index contributed by atoms with van der Waals surface area (Å²) >= 11 is 5.60. The van der Waals surface area contributed by atoms with E-state index in [2.05, 4.69) is 0 Å². The standard InChI is InChI=1S/C9H11ClN2O5/c10-4-2-12(9(16)11-8(4)15)7-1-5(14)6(3-13)17-7/h2,5-7,13-14H,1,3H2,(H,11,15,16)/t5-,6-,7-/m0/s1. The summed E-state index contributed by atoms with van der Waals surface area (Å²) in [7, 11) is 0. The highest BCUT2D eigenvalue weighted by Crippen LogP contribution is 2.27. The van der Waals surface area contributed by atoms with E-state index in [1.54, 1.807) is 0 Å².